The Labute approximate surface area is 280 Å². The van der Waals surface area contributed by atoms with Gasteiger partial charge in [0.1, 0.15) is 12.6 Å². The molecule has 0 saturated heterocycles. The molecule has 48 heavy (non-hydrogen) atoms. The van der Waals surface area contributed by atoms with Gasteiger partial charge < -0.3 is 19.5 Å². The van der Waals surface area contributed by atoms with Gasteiger partial charge in [0.15, 0.2) is 11.5 Å². The van der Waals surface area contributed by atoms with Crippen molar-refractivity contribution in [1.29, 1.82) is 0 Å². The molecule has 4 aromatic rings. The number of amides is 1. The van der Waals surface area contributed by atoms with E-state index in [9.17, 15) is 31.2 Å². The van der Waals surface area contributed by atoms with Crippen molar-refractivity contribution < 1.29 is 45.4 Å². The average molecular weight is 703 g/mol. The summed E-state index contributed by atoms with van der Waals surface area (Å²) in [7, 11) is -1.60. The highest BCUT2D eigenvalue weighted by Crippen LogP contribution is 2.39. The summed E-state index contributed by atoms with van der Waals surface area (Å²) >= 11 is 6.19. The van der Waals surface area contributed by atoms with Crippen LogP contribution in [0.15, 0.2) is 89.8 Å². The zero-order chi connectivity index (χ0) is 34.6. The van der Waals surface area contributed by atoms with Gasteiger partial charge in [-0.3, -0.25) is 13.9 Å². The van der Waals surface area contributed by atoms with Gasteiger partial charge in [0.25, 0.3) is 10.0 Å². The second-order valence-corrected chi connectivity index (χ2v) is 12.9. The third-order valence-corrected chi connectivity index (χ3v) is 9.90. The number of alkyl halides is 3. The smallest absolute Gasteiger partial charge is 0.416 e. The summed E-state index contributed by atoms with van der Waals surface area (Å²) in [4.78, 5) is 25.2. The van der Waals surface area contributed by atoms with Crippen LogP contribution in [0.1, 0.15) is 16.7 Å². The third-order valence-electron chi connectivity index (χ3n) is 7.73. The van der Waals surface area contributed by atoms with Crippen LogP contribution in [-0.2, 0) is 43.4 Å². The fourth-order valence-electron chi connectivity index (χ4n) is 5.39. The number of nitrogens with one attached hydrogen (secondary N) is 1. The number of methoxy groups -OCH3 is 2. The van der Waals surface area contributed by atoms with E-state index in [2.05, 4.69) is 5.32 Å². The summed E-state index contributed by atoms with van der Waals surface area (Å²) in [5, 5.41) is 2.81. The Morgan fingerprint density at radius 1 is 0.979 bits per heavy atom. The molecule has 1 heterocycles. The van der Waals surface area contributed by atoms with Crippen LogP contribution < -0.4 is 19.1 Å². The van der Waals surface area contributed by atoms with Crippen LogP contribution in [0.4, 0.5) is 18.9 Å². The number of benzene rings is 4. The molecule has 0 spiro atoms. The summed E-state index contributed by atoms with van der Waals surface area (Å²) in [6.45, 7) is -0.0199. The van der Waals surface area contributed by atoms with E-state index in [1.807, 2.05) is 0 Å². The molecule has 0 aliphatic carbocycles. The molecule has 1 atom stereocenters. The molecule has 0 radical (unpaired) electrons. The third kappa shape index (κ3) is 7.21. The van der Waals surface area contributed by atoms with Gasteiger partial charge >= 0.3 is 12.1 Å². The number of carbonyl (C=O) groups excluding carboxylic acids is 2. The number of hydrogen-bond donors (Lipinski definition) is 1. The Morgan fingerprint density at radius 2 is 1.71 bits per heavy atom. The lowest BCUT2D eigenvalue weighted by atomic mass is 10.0. The highest BCUT2D eigenvalue weighted by Gasteiger charge is 2.42. The van der Waals surface area contributed by atoms with Gasteiger partial charge in [-0.25, -0.2) is 8.42 Å². The van der Waals surface area contributed by atoms with Crippen molar-refractivity contribution in [2.24, 2.45) is 0 Å². The van der Waals surface area contributed by atoms with Gasteiger partial charge in [0.2, 0.25) is 5.91 Å². The molecular weight excluding hydrogens is 673 g/mol. The maximum absolute atomic E-state index is 14.0. The van der Waals surface area contributed by atoms with Crippen molar-refractivity contribution in [1.82, 2.24) is 5.32 Å². The molecule has 0 bridgehead atoms. The Bertz CT molecular complexity index is 1940. The van der Waals surface area contributed by atoms with E-state index in [0.29, 0.717) is 28.3 Å². The first-order chi connectivity index (χ1) is 22.8. The van der Waals surface area contributed by atoms with E-state index < -0.39 is 39.7 Å². The van der Waals surface area contributed by atoms with Crippen LogP contribution in [0.5, 0.6) is 11.5 Å². The SMILES string of the molecule is COC(=O)Cc1cccc(OC)c1OCCNC(=O)[C@@H]1Cc2ccccc2N1S(=O)(=O)c1ccc(-c2cc(C(F)(F)F)ccc2Cl)cc1. The van der Waals surface area contributed by atoms with Crippen LogP contribution in [0.25, 0.3) is 11.1 Å². The Kier molecular flexibility index (Phi) is 10.2. The molecular formula is C34H30ClF3N2O7S. The molecule has 1 N–H and O–H groups in total. The average Bonchev–Trinajstić information content (AvgIpc) is 3.47. The largest absolute Gasteiger partial charge is 0.493 e. The Balaban J connectivity index is 1.34. The first-order valence-corrected chi connectivity index (χ1v) is 16.4. The predicted molar refractivity (Wildman–Crippen MR) is 173 cm³/mol. The van der Waals surface area contributed by atoms with Gasteiger partial charge in [-0.1, -0.05) is 54.1 Å². The number of halogens is 4. The van der Waals surface area contributed by atoms with Crippen molar-refractivity contribution >= 4 is 39.2 Å². The lowest BCUT2D eigenvalue weighted by Gasteiger charge is -2.26. The molecule has 5 rings (SSSR count). The first kappa shape index (κ1) is 34.6. The zero-order valence-electron chi connectivity index (χ0n) is 25.7. The van der Waals surface area contributed by atoms with Crippen molar-refractivity contribution in [3.8, 4) is 22.6 Å². The van der Waals surface area contributed by atoms with Gasteiger partial charge in [-0.05, 0) is 53.6 Å². The van der Waals surface area contributed by atoms with Crippen LogP contribution in [0, 0.1) is 0 Å². The van der Waals surface area contributed by atoms with Gasteiger partial charge in [0, 0.05) is 22.6 Å². The molecule has 4 aromatic carbocycles. The normalized spacial score (nSPS) is 14.3. The van der Waals surface area contributed by atoms with E-state index in [4.69, 9.17) is 25.8 Å². The predicted octanol–water partition coefficient (Wildman–Crippen LogP) is 6.07. The molecule has 1 aliphatic rings. The maximum atomic E-state index is 14.0. The van der Waals surface area contributed by atoms with Crippen molar-refractivity contribution in [2.45, 2.75) is 30.0 Å². The highest BCUT2D eigenvalue weighted by molar-refractivity contribution is 7.93. The number of esters is 1. The minimum atomic E-state index is -4.59. The Morgan fingerprint density at radius 3 is 2.40 bits per heavy atom. The molecule has 252 valence electrons. The highest BCUT2D eigenvalue weighted by atomic mass is 35.5. The minimum Gasteiger partial charge on any atom is -0.493 e. The van der Waals surface area contributed by atoms with Crippen LogP contribution in [0.3, 0.4) is 0 Å². The van der Waals surface area contributed by atoms with Gasteiger partial charge in [-0.2, -0.15) is 13.2 Å². The fourth-order valence-corrected chi connectivity index (χ4v) is 7.27. The Hall–Kier alpha value is -4.75. The number of ether oxygens (including phenoxy) is 3. The number of fused-ring (bicyclic) bond motifs is 1. The van der Waals surface area contributed by atoms with Gasteiger partial charge in [0.05, 0.1) is 43.3 Å². The number of sulfonamides is 1. The number of anilines is 1. The lowest BCUT2D eigenvalue weighted by molar-refractivity contribution is -0.140. The number of carbonyl (C=O) groups is 2. The quantitative estimate of drug-likeness (QED) is 0.149. The summed E-state index contributed by atoms with van der Waals surface area (Å²) in [6, 6.07) is 18.8. The van der Waals surface area contributed by atoms with Gasteiger partial charge in [-0.15, -0.1) is 0 Å². The second-order valence-electron chi connectivity index (χ2n) is 10.7. The molecule has 0 aromatic heterocycles. The summed E-state index contributed by atoms with van der Waals surface area (Å²) < 4.78 is 85.1. The van der Waals surface area contributed by atoms with E-state index in [1.54, 1.807) is 42.5 Å². The van der Waals surface area contributed by atoms with E-state index >= 15 is 0 Å². The lowest BCUT2D eigenvalue weighted by Crippen LogP contribution is -2.48. The van der Waals surface area contributed by atoms with E-state index in [1.165, 1.54) is 38.5 Å². The van der Waals surface area contributed by atoms with Crippen molar-refractivity contribution in [3.63, 3.8) is 0 Å². The summed E-state index contributed by atoms with van der Waals surface area (Å²) in [6.07, 6.45) is -4.54. The number of rotatable bonds is 11. The topological polar surface area (TPSA) is 111 Å². The molecule has 14 heteroatoms. The maximum Gasteiger partial charge on any atom is 0.416 e. The number of para-hydroxylation sites is 2. The molecule has 1 amide bonds. The molecule has 0 fully saturated rings. The number of nitrogens with zero attached hydrogens (tertiary/aromatic N) is 1. The van der Waals surface area contributed by atoms with Crippen LogP contribution in [-0.4, -0.2) is 53.7 Å². The molecule has 1 aliphatic heterocycles. The second kappa shape index (κ2) is 14.2. The zero-order valence-corrected chi connectivity index (χ0v) is 27.3. The molecule has 0 unspecified atom stereocenters. The first-order valence-electron chi connectivity index (χ1n) is 14.6. The fraction of sp³-hybridized carbons (Fsp3) is 0.235. The molecule has 0 saturated carbocycles. The molecule has 9 nitrogen and oxygen atoms in total. The number of hydrogen-bond acceptors (Lipinski definition) is 7. The van der Waals surface area contributed by atoms with Crippen molar-refractivity contribution in [2.75, 3.05) is 31.7 Å². The van der Waals surface area contributed by atoms with E-state index in [-0.39, 0.29) is 47.0 Å². The van der Waals surface area contributed by atoms with E-state index in [0.717, 1.165) is 22.5 Å². The monoisotopic (exact) mass is 702 g/mol. The van der Waals surface area contributed by atoms with Crippen LogP contribution >= 0.6 is 11.6 Å². The summed E-state index contributed by atoms with van der Waals surface area (Å²) in [5.74, 6) is -0.349. The van der Waals surface area contributed by atoms with Crippen LogP contribution in [0.2, 0.25) is 5.02 Å². The van der Waals surface area contributed by atoms with Crippen molar-refractivity contribution in [3.05, 3.63) is 107 Å². The minimum absolute atomic E-state index is 0.00171. The summed E-state index contributed by atoms with van der Waals surface area (Å²) in [5.41, 5.74) is 0.984. The standard InChI is InChI=1S/C34H30ClF3N2O7S/c1-45-30-9-5-7-23(19-31(41)46-2)32(30)47-17-16-39-33(42)29-18-22-6-3-4-8-28(22)40(29)48(43,44)25-13-10-21(11-14-25)26-20-24(34(36,37)38)12-15-27(26)35/h3-15,20,29H,16-19H2,1-2H3,(H,39,42)/t29-/m0/s1.